The summed E-state index contributed by atoms with van der Waals surface area (Å²) in [6, 6.07) is 0. The van der Waals surface area contributed by atoms with Gasteiger partial charge in [0, 0.05) is 14.1 Å². The molecule has 8 nitrogen and oxygen atoms in total. The van der Waals surface area contributed by atoms with Crippen LogP contribution in [0.2, 0.25) is 0 Å². The third-order valence-electron chi connectivity index (χ3n) is 1.39. The summed E-state index contributed by atoms with van der Waals surface area (Å²) in [4.78, 5) is 22.0. The highest BCUT2D eigenvalue weighted by molar-refractivity contribution is 6.36. The van der Waals surface area contributed by atoms with Crippen LogP contribution in [-0.2, 0) is 16.6 Å². The molecular weight excluding hydrogens is 178 g/mol. The zero-order valence-electron chi connectivity index (χ0n) is 7.00. The van der Waals surface area contributed by atoms with Crippen LogP contribution in [0.15, 0.2) is 0 Å². The summed E-state index contributed by atoms with van der Waals surface area (Å²) in [6.07, 6.45) is 0. The molecule has 0 aliphatic rings. The highest BCUT2D eigenvalue weighted by Crippen LogP contribution is 2.03. The van der Waals surface area contributed by atoms with E-state index in [0.717, 1.165) is 4.90 Å². The predicted molar refractivity (Wildman–Crippen MR) is 39.8 cm³/mol. The minimum atomic E-state index is -1.55. The largest absolute Gasteiger partial charge is 0.474 e. The van der Waals surface area contributed by atoms with Crippen LogP contribution < -0.4 is 4.90 Å². The van der Waals surface area contributed by atoms with Crippen molar-refractivity contribution in [2.75, 3.05) is 11.9 Å². The van der Waals surface area contributed by atoms with E-state index < -0.39 is 11.9 Å². The molecule has 13 heavy (non-hydrogen) atoms. The Morgan fingerprint density at radius 3 is 2.54 bits per heavy atom. The number of aryl methyl sites for hydroxylation is 1. The molecular formula is C5H7N5O3. The van der Waals surface area contributed by atoms with Gasteiger partial charge in [-0.15, -0.1) is 0 Å². The summed E-state index contributed by atoms with van der Waals surface area (Å²) in [5, 5.41) is 18.5. The van der Waals surface area contributed by atoms with Crippen molar-refractivity contribution >= 4 is 17.8 Å². The summed E-state index contributed by atoms with van der Waals surface area (Å²) in [5.74, 6) is -2.56. The maximum Gasteiger partial charge on any atom is 0.395 e. The van der Waals surface area contributed by atoms with Crippen molar-refractivity contribution < 1.29 is 14.7 Å². The molecule has 0 saturated heterocycles. The Kier molecular flexibility index (Phi) is 2.22. The highest BCUT2D eigenvalue weighted by atomic mass is 16.4. The maximum atomic E-state index is 10.9. The second-order valence-corrected chi connectivity index (χ2v) is 2.27. The zero-order chi connectivity index (χ0) is 10.0. The van der Waals surface area contributed by atoms with E-state index in [4.69, 9.17) is 5.11 Å². The fourth-order valence-electron chi connectivity index (χ4n) is 0.743. The number of anilines is 1. The van der Waals surface area contributed by atoms with Gasteiger partial charge in [-0.05, 0) is 10.4 Å². The Balaban J connectivity index is 2.91. The molecule has 1 N–H and O–H groups in total. The smallest absolute Gasteiger partial charge is 0.395 e. The van der Waals surface area contributed by atoms with Crippen LogP contribution in [0.25, 0.3) is 0 Å². The van der Waals surface area contributed by atoms with Gasteiger partial charge >= 0.3 is 11.9 Å². The van der Waals surface area contributed by atoms with Crippen molar-refractivity contribution in [3.05, 3.63) is 0 Å². The third-order valence-corrected chi connectivity index (χ3v) is 1.39. The number of hydrogen-bond donors (Lipinski definition) is 1. The Morgan fingerprint density at radius 2 is 2.15 bits per heavy atom. The molecule has 0 bridgehead atoms. The maximum absolute atomic E-state index is 10.9. The van der Waals surface area contributed by atoms with Crippen LogP contribution in [0, 0.1) is 0 Å². The van der Waals surface area contributed by atoms with Gasteiger partial charge in [-0.25, -0.2) is 9.48 Å². The molecule has 0 radical (unpaired) electrons. The monoisotopic (exact) mass is 185 g/mol. The van der Waals surface area contributed by atoms with E-state index in [1.165, 1.54) is 18.8 Å². The van der Waals surface area contributed by atoms with Crippen LogP contribution in [0.3, 0.4) is 0 Å². The van der Waals surface area contributed by atoms with E-state index >= 15 is 0 Å². The minimum absolute atomic E-state index is 0.0763. The average molecular weight is 185 g/mol. The summed E-state index contributed by atoms with van der Waals surface area (Å²) in [6.45, 7) is 0. The number of aliphatic carboxylic acids is 1. The van der Waals surface area contributed by atoms with Crippen LogP contribution in [0.5, 0.6) is 0 Å². The SMILES string of the molecule is CN(C(=O)C(=O)O)c1nnnn1C. The third kappa shape index (κ3) is 1.60. The normalized spacial score (nSPS) is 9.69. The minimum Gasteiger partial charge on any atom is -0.474 e. The molecule has 1 amide bonds. The lowest BCUT2D eigenvalue weighted by Crippen LogP contribution is -2.34. The lowest BCUT2D eigenvalue weighted by Gasteiger charge is -2.10. The molecule has 0 saturated carbocycles. The Morgan fingerprint density at radius 1 is 1.54 bits per heavy atom. The van der Waals surface area contributed by atoms with E-state index in [-0.39, 0.29) is 5.95 Å². The van der Waals surface area contributed by atoms with Crippen LogP contribution in [-0.4, -0.2) is 44.2 Å². The molecule has 1 aromatic rings. The van der Waals surface area contributed by atoms with Gasteiger partial charge in [0.1, 0.15) is 0 Å². The number of carbonyl (C=O) groups excluding carboxylic acids is 1. The molecule has 0 aliphatic carbocycles. The fourth-order valence-corrected chi connectivity index (χ4v) is 0.743. The fraction of sp³-hybridized carbons (Fsp3) is 0.400. The summed E-state index contributed by atoms with van der Waals surface area (Å²) >= 11 is 0. The van der Waals surface area contributed by atoms with Gasteiger partial charge in [0.2, 0.25) is 0 Å². The first-order chi connectivity index (χ1) is 6.04. The predicted octanol–water partition coefficient (Wildman–Crippen LogP) is -1.74. The van der Waals surface area contributed by atoms with Gasteiger partial charge in [-0.1, -0.05) is 5.10 Å². The van der Waals surface area contributed by atoms with Gasteiger partial charge < -0.3 is 5.11 Å². The molecule has 0 spiro atoms. The molecule has 0 unspecified atom stereocenters. The zero-order valence-corrected chi connectivity index (χ0v) is 7.00. The number of carboxylic acids is 1. The van der Waals surface area contributed by atoms with Crippen molar-refractivity contribution in [1.29, 1.82) is 0 Å². The first kappa shape index (κ1) is 9.10. The van der Waals surface area contributed by atoms with Crippen molar-refractivity contribution in [3.63, 3.8) is 0 Å². The summed E-state index contributed by atoms with van der Waals surface area (Å²) in [5.41, 5.74) is 0. The Bertz CT molecular complexity index is 346. The van der Waals surface area contributed by atoms with Crippen LogP contribution in [0.1, 0.15) is 0 Å². The lowest BCUT2D eigenvalue weighted by molar-refractivity contribution is -0.148. The van der Waals surface area contributed by atoms with Gasteiger partial charge in [0.05, 0.1) is 0 Å². The molecule has 1 heterocycles. The second kappa shape index (κ2) is 3.17. The van der Waals surface area contributed by atoms with Crippen molar-refractivity contribution in [2.45, 2.75) is 0 Å². The number of likely N-dealkylation sites (N-methyl/N-ethyl adjacent to an activating group) is 1. The van der Waals surface area contributed by atoms with Gasteiger partial charge in [0.15, 0.2) is 0 Å². The number of carbonyl (C=O) groups is 2. The highest BCUT2D eigenvalue weighted by Gasteiger charge is 2.22. The van der Waals surface area contributed by atoms with E-state index in [1.54, 1.807) is 0 Å². The number of tetrazole rings is 1. The van der Waals surface area contributed by atoms with E-state index in [9.17, 15) is 9.59 Å². The summed E-state index contributed by atoms with van der Waals surface area (Å²) in [7, 11) is 2.78. The number of nitrogens with zero attached hydrogens (tertiary/aromatic N) is 5. The first-order valence-electron chi connectivity index (χ1n) is 3.27. The molecule has 0 fully saturated rings. The van der Waals surface area contributed by atoms with Gasteiger partial charge in [-0.3, -0.25) is 9.69 Å². The number of amides is 1. The van der Waals surface area contributed by atoms with E-state index in [2.05, 4.69) is 15.5 Å². The molecule has 1 aromatic heterocycles. The van der Waals surface area contributed by atoms with Gasteiger partial charge in [-0.2, -0.15) is 0 Å². The number of aromatic nitrogens is 4. The van der Waals surface area contributed by atoms with Gasteiger partial charge in [0.25, 0.3) is 5.95 Å². The second-order valence-electron chi connectivity index (χ2n) is 2.27. The topological polar surface area (TPSA) is 101 Å². The molecule has 1 rings (SSSR count). The quantitative estimate of drug-likeness (QED) is 0.521. The Labute approximate surface area is 72.8 Å². The van der Waals surface area contributed by atoms with Crippen LogP contribution >= 0.6 is 0 Å². The number of carboxylic acid groups (broad SMARTS) is 1. The molecule has 0 aliphatic heterocycles. The molecule has 0 aromatic carbocycles. The number of rotatable bonds is 1. The Hall–Kier alpha value is -1.99. The molecule has 8 heteroatoms. The number of hydrogen-bond acceptors (Lipinski definition) is 5. The molecule has 0 atom stereocenters. The lowest BCUT2D eigenvalue weighted by atomic mass is 10.5. The first-order valence-corrected chi connectivity index (χ1v) is 3.27. The van der Waals surface area contributed by atoms with Crippen LogP contribution in [0.4, 0.5) is 5.95 Å². The standard InChI is InChI=1S/C5H7N5O3/c1-9(3(11)4(12)13)5-6-7-8-10(5)2/h1-2H3,(H,12,13). The molecule has 70 valence electrons. The average Bonchev–Trinajstić information content (AvgIpc) is 2.48. The van der Waals surface area contributed by atoms with Crippen molar-refractivity contribution in [2.24, 2.45) is 7.05 Å². The van der Waals surface area contributed by atoms with Crippen molar-refractivity contribution in [1.82, 2.24) is 20.2 Å². The summed E-state index contributed by atoms with van der Waals surface area (Å²) < 4.78 is 1.20. The van der Waals surface area contributed by atoms with E-state index in [1.807, 2.05) is 0 Å². The van der Waals surface area contributed by atoms with Crippen molar-refractivity contribution in [3.8, 4) is 0 Å². The van der Waals surface area contributed by atoms with E-state index in [0.29, 0.717) is 0 Å².